The molecule has 6 heteroatoms. The van der Waals surface area contributed by atoms with Gasteiger partial charge in [-0.15, -0.1) is 0 Å². The second-order valence-electron chi connectivity index (χ2n) is 4.60. The number of pyridine rings is 1. The van der Waals surface area contributed by atoms with Crippen molar-refractivity contribution in [2.45, 2.75) is 13.8 Å². The summed E-state index contributed by atoms with van der Waals surface area (Å²) in [6.07, 6.45) is 1.51. The molecule has 108 valence electrons. The molecule has 3 N–H and O–H groups in total. The van der Waals surface area contributed by atoms with Gasteiger partial charge in [0.25, 0.3) is 5.91 Å². The highest BCUT2D eigenvalue weighted by Gasteiger charge is 2.12. The molecule has 0 atom stereocenters. The summed E-state index contributed by atoms with van der Waals surface area (Å²) in [6.45, 7) is 3.83. The molecule has 1 heterocycles. The smallest absolute Gasteiger partial charge is 0.257 e. The first-order valence-corrected chi connectivity index (χ1v) is 6.72. The zero-order chi connectivity index (χ0) is 15.4. The Morgan fingerprint density at radius 2 is 2.05 bits per heavy atom. The number of aryl methyl sites for hydroxylation is 2. The van der Waals surface area contributed by atoms with Crippen LogP contribution in [0.3, 0.4) is 0 Å². The summed E-state index contributed by atoms with van der Waals surface area (Å²) >= 11 is 5.05. The van der Waals surface area contributed by atoms with E-state index >= 15 is 0 Å². The Labute approximate surface area is 128 Å². The van der Waals surface area contributed by atoms with E-state index in [2.05, 4.69) is 15.6 Å². The number of nitrogens with zero attached hydrogens (tertiary/aromatic N) is 1. The van der Waals surface area contributed by atoms with Gasteiger partial charge in [0, 0.05) is 11.8 Å². The molecule has 0 aliphatic heterocycles. The molecule has 0 aliphatic carbocycles. The molecule has 2 rings (SSSR count). The Balaban J connectivity index is 2.06. The van der Waals surface area contributed by atoms with Gasteiger partial charge in [-0.2, -0.15) is 0 Å². The van der Waals surface area contributed by atoms with Crippen molar-refractivity contribution < 1.29 is 9.90 Å². The molecule has 5 nitrogen and oxygen atoms in total. The lowest BCUT2D eigenvalue weighted by molar-refractivity contribution is 0.0977. The van der Waals surface area contributed by atoms with Crippen LogP contribution in [0.15, 0.2) is 36.5 Å². The van der Waals surface area contributed by atoms with E-state index in [0.717, 1.165) is 11.1 Å². The SMILES string of the molecule is Cc1ccc(C(=O)NC(=S)Nc2ncccc2O)c(C)c1. The van der Waals surface area contributed by atoms with E-state index in [1.807, 2.05) is 26.0 Å². The molecule has 0 bridgehead atoms. The fourth-order valence-electron chi connectivity index (χ4n) is 1.87. The van der Waals surface area contributed by atoms with Crippen LogP contribution in [0.4, 0.5) is 5.82 Å². The summed E-state index contributed by atoms with van der Waals surface area (Å²) in [4.78, 5) is 16.1. The van der Waals surface area contributed by atoms with E-state index in [1.165, 1.54) is 12.3 Å². The number of hydrogen-bond donors (Lipinski definition) is 3. The molecule has 0 saturated heterocycles. The molecule has 1 aromatic carbocycles. The lowest BCUT2D eigenvalue weighted by Gasteiger charge is -2.11. The number of thiocarbonyl (C=S) groups is 1. The van der Waals surface area contributed by atoms with Crippen molar-refractivity contribution >= 4 is 29.1 Å². The molecule has 0 spiro atoms. The topological polar surface area (TPSA) is 74.2 Å². The summed E-state index contributed by atoms with van der Waals surface area (Å²) in [5.74, 6) is -0.149. The molecule has 2 aromatic rings. The third-order valence-electron chi connectivity index (χ3n) is 2.87. The molecule has 0 radical (unpaired) electrons. The minimum atomic E-state index is -0.305. The largest absolute Gasteiger partial charge is 0.504 e. The molecule has 0 unspecified atom stereocenters. The number of nitrogens with one attached hydrogen (secondary N) is 2. The Kier molecular flexibility index (Phi) is 4.49. The molecule has 0 saturated carbocycles. The number of carbonyl (C=O) groups excluding carboxylic acids is 1. The maximum absolute atomic E-state index is 12.1. The van der Waals surface area contributed by atoms with E-state index in [1.54, 1.807) is 12.1 Å². The number of amides is 1. The van der Waals surface area contributed by atoms with Crippen molar-refractivity contribution in [2.75, 3.05) is 5.32 Å². The zero-order valence-electron chi connectivity index (χ0n) is 11.7. The van der Waals surface area contributed by atoms with Gasteiger partial charge in [-0.05, 0) is 49.8 Å². The minimum Gasteiger partial charge on any atom is -0.504 e. The number of carbonyl (C=O) groups is 1. The van der Waals surface area contributed by atoms with E-state index in [-0.39, 0.29) is 22.6 Å². The van der Waals surface area contributed by atoms with Crippen molar-refractivity contribution in [1.29, 1.82) is 0 Å². The molecule has 21 heavy (non-hydrogen) atoms. The summed E-state index contributed by atoms with van der Waals surface area (Å²) < 4.78 is 0. The summed E-state index contributed by atoms with van der Waals surface area (Å²) in [6, 6.07) is 8.61. The van der Waals surface area contributed by atoms with Crippen LogP contribution in [0, 0.1) is 13.8 Å². The highest BCUT2D eigenvalue weighted by atomic mass is 32.1. The maximum Gasteiger partial charge on any atom is 0.257 e. The van der Waals surface area contributed by atoms with Crippen LogP contribution in [0.2, 0.25) is 0 Å². The molecule has 1 amide bonds. The fraction of sp³-hybridized carbons (Fsp3) is 0.133. The first kappa shape index (κ1) is 14.9. The summed E-state index contributed by atoms with van der Waals surface area (Å²) in [5.41, 5.74) is 2.51. The second kappa shape index (κ2) is 6.32. The van der Waals surface area contributed by atoms with Crippen LogP contribution in [-0.4, -0.2) is 21.1 Å². The Morgan fingerprint density at radius 3 is 2.71 bits per heavy atom. The number of aromatic nitrogens is 1. The number of hydrogen-bond acceptors (Lipinski definition) is 4. The van der Waals surface area contributed by atoms with Crippen molar-refractivity contribution in [2.24, 2.45) is 0 Å². The van der Waals surface area contributed by atoms with Crippen LogP contribution < -0.4 is 10.6 Å². The molecule has 0 aliphatic rings. The van der Waals surface area contributed by atoms with Gasteiger partial charge in [0.05, 0.1) is 0 Å². The Bertz CT molecular complexity index is 701. The van der Waals surface area contributed by atoms with Crippen LogP contribution in [0.25, 0.3) is 0 Å². The highest BCUT2D eigenvalue weighted by molar-refractivity contribution is 7.80. The number of benzene rings is 1. The van der Waals surface area contributed by atoms with Crippen LogP contribution in [0.1, 0.15) is 21.5 Å². The van der Waals surface area contributed by atoms with Crippen molar-refractivity contribution in [3.05, 3.63) is 53.2 Å². The standard InChI is InChI=1S/C15H15N3O2S/c1-9-5-6-11(10(2)8-9)14(20)18-15(21)17-13-12(19)4-3-7-16-13/h3-8,19H,1-2H3,(H2,16,17,18,20,21). The van der Waals surface area contributed by atoms with Crippen LogP contribution in [0.5, 0.6) is 5.75 Å². The average molecular weight is 301 g/mol. The van der Waals surface area contributed by atoms with Crippen molar-refractivity contribution in [1.82, 2.24) is 10.3 Å². The van der Waals surface area contributed by atoms with E-state index in [0.29, 0.717) is 5.56 Å². The third kappa shape index (κ3) is 3.76. The van der Waals surface area contributed by atoms with Gasteiger partial charge in [0.15, 0.2) is 16.7 Å². The molecular formula is C15H15N3O2S. The Hall–Kier alpha value is -2.47. The highest BCUT2D eigenvalue weighted by Crippen LogP contribution is 2.18. The lowest BCUT2D eigenvalue weighted by Crippen LogP contribution is -2.34. The van der Waals surface area contributed by atoms with Crippen LogP contribution >= 0.6 is 12.2 Å². The van der Waals surface area contributed by atoms with Gasteiger partial charge >= 0.3 is 0 Å². The first-order chi connectivity index (χ1) is 9.97. The average Bonchev–Trinajstić information content (AvgIpc) is 2.41. The molecule has 0 fully saturated rings. The zero-order valence-corrected chi connectivity index (χ0v) is 12.5. The van der Waals surface area contributed by atoms with Gasteiger partial charge < -0.3 is 10.4 Å². The normalized spacial score (nSPS) is 10.0. The predicted molar refractivity (Wildman–Crippen MR) is 85.5 cm³/mol. The summed E-state index contributed by atoms with van der Waals surface area (Å²) in [5, 5.41) is 14.9. The second-order valence-corrected chi connectivity index (χ2v) is 5.01. The van der Waals surface area contributed by atoms with Gasteiger partial charge in [0.2, 0.25) is 0 Å². The lowest BCUT2D eigenvalue weighted by atomic mass is 10.1. The molecular weight excluding hydrogens is 286 g/mol. The summed E-state index contributed by atoms with van der Waals surface area (Å²) in [7, 11) is 0. The molecule has 1 aromatic heterocycles. The van der Waals surface area contributed by atoms with Gasteiger partial charge in [-0.3, -0.25) is 10.1 Å². The number of anilines is 1. The van der Waals surface area contributed by atoms with E-state index < -0.39 is 0 Å². The van der Waals surface area contributed by atoms with Gasteiger partial charge in [-0.25, -0.2) is 4.98 Å². The monoisotopic (exact) mass is 301 g/mol. The van der Waals surface area contributed by atoms with E-state index in [4.69, 9.17) is 12.2 Å². The number of aromatic hydroxyl groups is 1. The third-order valence-corrected chi connectivity index (χ3v) is 3.08. The number of rotatable bonds is 2. The van der Waals surface area contributed by atoms with Gasteiger partial charge in [0.1, 0.15) is 0 Å². The predicted octanol–water partition coefficient (Wildman–Crippen LogP) is 2.53. The maximum atomic E-state index is 12.1. The Morgan fingerprint density at radius 1 is 1.29 bits per heavy atom. The quantitative estimate of drug-likeness (QED) is 0.743. The fourth-order valence-corrected chi connectivity index (χ4v) is 2.06. The van der Waals surface area contributed by atoms with Crippen molar-refractivity contribution in [3.8, 4) is 5.75 Å². The minimum absolute atomic E-state index is 0.0411. The van der Waals surface area contributed by atoms with E-state index in [9.17, 15) is 9.90 Å². The first-order valence-electron chi connectivity index (χ1n) is 6.31. The van der Waals surface area contributed by atoms with Crippen LogP contribution in [-0.2, 0) is 0 Å². The van der Waals surface area contributed by atoms with Crippen molar-refractivity contribution in [3.63, 3.8) is 0 Å². The van der Waals surface area contributed by atoms with Gasteiger partial charge in [-0.1, -0.05) is 17.7 Å².